The molecule has 0 radical (unpaired) electrons. The molecule has 0 saturated heterocycles. The summed E-state index contributed by atoms with van der Waals surface area (Å²) in [7, 11) is 1.40. The summed E-state index contributed by atoms with van der Waals surface area (Å²) in [6.45, 7) is 1.50. The number of ether oxygens (including phenoxy) is 1. The highest BCUT2D eigenvalue weighted by atomic mass is 19.1. The molecule has 0 amide bonds. The quantitative estimate of drug-likeness (QED) is 0.935. The highest BCUT2D eigenvalue weighted by Crippen LogP contribution is 2.29. The minimum Gasteiger partial charge on any atom is -0.497 e. The van der Waals surface area contributed by atoms with E-state index in [1.807, 2.05) is 0 Å². The molecule has 0 aliphatic heterocycles. The summed E-state index contributed by atoms with van der Waals surface area (Å²) in [6.07, 6.45) is 0. The van der Waals surface area contributed by atoms with Gasteiger partial charge < -0.3 is 10.5 Å². The van der Waals surface area contributed by atoms with Crippen molar-refractivity contribution in [3.63, 3.8) is 0 Å². The zero-order valence-electron chi connectivity index (χ0n) is 11.1. The van der Waals surface area contributed by atoms with Crippen molar-refractivity contribution >= 4 is 0 Å². The largest absolute Gasteiger partial charge is 0.497 e. The average molecular weight is 281 g/mol. The molecule has 2 N–H and O–H groups in total. The first kappa shape index (κ1) is 14.4. The molecule has 0 aromatic heterocycles. The normalized spacial score (nSPS) is 12.3. The Labute approximate surface area is 115 Å². The Balaban J connectivity index is 2.52. The van der Waals surface area contributed by atoms with Crippen LogP contribution in [0.25, 0.3) is 0 Å². The Hall–Kier alpha value is -2.01. The van der Waals surface area contributed by atoms with E-state index in [9.17, 15) is 13.2 Å². The lowest BCUT2D eigenvalue weighted by molar-refractivity contribution is 0.410. The predicted molar refractivity (Wildman–Crippen MR) is 70.1 cm³/mol. The monoisotopic (exact) mass is 281 g/mol. The Morgan fingerprint density at radius 3 is 2.35 bits per heavy atom. The van der Waals surface area contributed by atoms with Crippen molar-refractivity contribution in [3.05, 3.63) is 64.5 Å². The Bertz CT molecular complexity index is 643. The van der Waals surface area contributed by atoms with Crippen molar-refractivity contribution in [2.45, 2.75) is 13.0 Å². The lowest BCUT2D eigenvalue weighted by Crippen LogP contribution is -2.17. The molecule has 0 aliphatic rings. The maximum atomic E-state index is 14.0. The fourth-order valence-electron chi connectivity index (χ4n) is 2.01. The van der Waals surface area contributed by atoms with Crippen LogP contribution < -0.4 is 10.5 Å². The van der Waals surface area contributed by atoms with Crippen LogP contribution in [0.15, 0.2) is 30.3 Å². The van der Waals surface area contributed by atoms with E-state index in [0.29, 0.717) is 5.75 Å². The molecule has 0 saturated carbocycles. The van der Waals surface area contributed by atoms with Gasteiger partial charge in [0.15, 0.2) is 0 Å². The summed E-state index contributed by atoms with van der Waals surface area (Å²) < 4.78 is 46.6. The summed E-state index contributed by atoms with van der Waals surface area (Å²) >= 11 is 0. The van der Waals surface area contributed by atoms with E-state index in [2.05, 4.69) is 0 Å². The van der Waals surface area contributed by atoms with Crippen LogP contribution in [0.3, 0.4) is 0 Å². The molecule has 2 rings (SSSR count). The van der Waals surface area contributed by atoms with Crippen LogP contribution >= 0.6 is 0 Å². The van der Waals surface area contributed by atoms with E-state index in [1.165, 1.54) is 32.2 Å². The molecule has 0 bridgehead atoms. The van der Waals surface area contributed by atoms with Crippen molar-refractivity contribution in [3.8, 4) is 5.75 Å². The molecule has 2 nitrogen and oxygen atoms in total. The summed E-state index contributed by atoms with van der Waals surface area (Å²) in [5.74, 6) is -1.91. The van der Waals surface area contributed by atoms with Crippen molar-refractivity contribution in [1.29, 1.82) is 0 Å². The first-order valence-corrected chi connectivity index (χ1v) is 5.99. The van der Waals surface area contributed by atoms with E-state index in [0.717, 1.165) is 12.1 Å². The molecular formula is C15H14F3NO. The van der Waals surface area contributed by atoms with E-state index >= 15 is 0 Å². The SMILES string of the molecule is COc1ccc(C(N)c2c(F)ccc(C)c2F)c(F)c1. The first-order chi connectivity index (χ1) is 9.45. The number of hydrogen-bond acceptors (Lipinski definition) is 2. The summed E-state index contributed by atoms with van der Waals surface area (Å²) in [5, 5.41) is 0. The van der Waals surface area contributed by atoms with Gasteiger partial charge in [0, 0.05) is 17.2 Å². The highest BCUT2D eigenvalue weighted by molar-refractivity contribution is 5.39. The third-order valence-corrected chi connectivity index (χ3v) is 3.17. The maximum Gasteiger partial charge on any atom is 0.134 e. The first-order valence-electron chi connectivity index (χ1n) is 5.99. The van der Waals surface area contributed by atoms with Crippen LogP contribution in [0.2, 0.25) is 0 Å². The van der Waals surface area contributed by atoms with Crippen LogP contribution in [0, 0.1) is 24.4 Å². The topological polar surface area (TPSA) is 35.2 Å². The Morgan fingerprint density at radius 1 is 1.05 bits per heavy atom. The molecule has 20 heavy (non-hydrogen) atoms. The van der Waals surface area contributed by atoms with Gasteiger partial charge in [0.1, 0.15) is 23.2 Å². The van der Waals surface area contributed by atoms with E-state index in [4.69, 9.17) is 10.5 Å². The second kappa shape index (κ2) is 5.54. The second-order valence-electron chi connectivity index (χ2n) is 4.46. The molecule has 1 atom stereocenters. The van der Waals surface area contributed by atoms with E-state index in [-0.39, 0.29) is 16.7 Å². The molecule has 2 aromatic carbocycles. The van der Waals surface area contributed by atoms with Gasteiger partial charge in [0.05, 0.1) is 13.2 Å². The number of halogens is 3. The lowest BCUT2D eigenvalue weighted by atomic mass is 9.96. The van der Waals surface area contributed by atoms with Gasteiger partial charge in [-0.05, 0) is 24.6 Å². The number of nitrogens with two attached hydrogens (primary N) is 1. The fraction of sp³-hybridized carbons (Fsp3) is 0.200. The number of rotatable bonds is 3. The van der Waals surface area contributed by atoms with Crippen LogP contribution in [0.4, 0.5) is 13.2 Å². The molecule has 0 heterocycles. The lowest BCUT2D eigenvalue weighted by Gasteiger charge is -2.16. The number of benzene rings is 2. The smallest absolute Gasteiger partial charge is 0.134 e. The number of hydrogen-bond donors (Lipinski definition) is 1. The zero-order valence-corrected chi connectivity index (χ0v) is 11.1. The predicted octanol–water partition coefficient (Wildman–Crippen LogP) is 3.47. The zero-order chi connectivity index (χ0) is 14.9. The van der Waals surface area contributed by atoms with Gasteiger partial charge in [0.2, 0.25) is 0 Å². The summed E-state index contributed by atoms with van der Waals surface area (Å²) in [4.78, 5) is 0. The van der Waals surface area contributed by atoms with Crippen LogP contribution in [0.1, 0.15) is 22.7 Å². The standard InChI is InChI=1S/C15H14F3NO/c1-8-3-6-11(16)13(14(8)18)15(19)10-5-4-9(20-2)7-12(10)17/h3-7,15H,19H2,1-2H3. The van der Waals surface area contributed by atoms with Gasteiger partial charge >= 0.3 is 0 Å². The minimum absolute atomic E-state index is 0.00852. The number of methoxy groups -OCH3 is 1. The highest BCUT2D eigenvalue weighted by Gasteiger charge is 2.22. The van der Waals surface area contributed by atoms with Crippen molar-refractivity contribution in [2.75, 3.05) is 7.11 Å². The Morgan fingerprint density at radius 2 is 1.75 bits per heavy atom. The van der Waals surface area contributed by atoms with Gasteiger partial charge in [-0.25, -0.2) is 13.2 Å². The van der Waals surface area contributed by atoms with Crippen molar-refractivity contribution in [1.82, 2.24) is 0 Å². The Kier molecular flexibility index (Phi) is 3.99. The molecule has 0 fully saturated rings. The van der Waals surface area contributed by atoms with E-state index in [1.54, 1.807) is 0 Å². The molecular weight excluding hydrogens is 267 g/mol. The van der Waals surface area contributed by atoms with Crippen LogP contribution in [-0.4, -0.2) is 7.11 Å². The van der Waals surface area contributed by atoms with Crippen molar-refractivity contribution in [2.24, 2.45) is 5.73 Å². The van der Waals surface area contributed by atoms with Gasteiger partial charge in [0.25, 0.3) is 0 Å². The van der Waals surface area contributed by atoms with Crippen molar-refractivity contribution < 1.29 is 17.9 Å². The molecule has 1 unspecified atom stereocenters. The summed E-state index contributed by atoms with van der Waals surface area (Å²) in [6, 6.07) is 5.19. The van der Waals surface area contributed by atoms with Crippen LogP contribution in [-0.2, 0) is 0 Å². The molecule has 0 aliphatic carbocycles. The van der Waals surface area contributed by atoms with Crippen LogP contribution in [0.5, 0.6) is 5.75 Å². The third kappa shape index (κ3) is 2.49. The van der Waals surface area contributed by atoms with Gasteiger partial charge in [-0.3, -0.25) is 0 Å². The molecule has 0 spiro atoms. The molecule has 5 heteroatoms. The van der Waals surface area contributed by atoms with Gasteiger partial charge in [-0.1, -0.05) is 12.1 Å². The molecule has 106 valence electrons. The van der Waals surface area contributed by atoms with Gasteiger partial charge in [-0.2, -0.15) is 0 Å². The third-order valence-electron chi connectivity index (χ3n) is 3.17. The number of aryl methyl sites for hydroxylation is 1. The van der Waals surface area contributed by atoms with E-state index < -0.39 is 23.5 Å². The maximum absolute atomic E-state index is 14.0. The summed E-state index contributed by atoms with van der Waals surface area (Å²) in [5.41, 5.74) is 5.74. The minimum atomic E-state index is -1.22. The second-order valence-corrected chi connectivity index (χ2v) is 4.46. The molecule has 2 aromatic rings. The fourth-order valence-corrected chi connectivity index (χ4v) is 2.01. The average Bonchev–Trinajstić information content (AvgIpc) is 2.43. The van der Waals surface area contributed by atoms with Gasteiger partial charge in [-0.15, -0.1) is 0 Å².